The molecule has 2 nitrogen and oxygen atoms in total. The van der Waals surface area contributed by atoms with Crippen LogP contribution in [-0.4, -0.2) is 0 Å². The lowest BCUT2D eigenvalue weighted by molar-refractivity contribution is 0.620. The van der Waals surface area contributed by atoms with Gasteiger partial charge in [-0.05, 0) is 52.7 Å². The van der Waals surface area contributed by atoms with E-state index in [-0.39, 0.29) is 16.1 Å². The van der Waals surface area contributed by atoms with Gasteiger partial charge in [0.05, 0.1) is 15.7 Å². The third kappa shape index (κ3) is 3.12. The van der Waals surface area contributed by atoms with Gasteiger partial charge in [-0.3, -0.25) is 0 Å². The Morgan fingerprint density at radius 2 is 2.10 bits per heavy atom. The molecule has 0 saturated carbocycles. The SMILES string of the molecule is CC(Nc1ccc(C#N)c(Br)c1F)c1cccc(Cl)c1. The lowest BCUT2D eigenvalue weighted by atomic mass is 10.1. The molecular formula is C15H11BrClFN2. The Morgan fingerprint density at radius 1 is 1.35 bits per heavy atom. The quantitative estimate of drug-likeness (QED) is 0.814. The summed E-state index contributed by atoms with van der Waals surface area (Å²) in [5, 5.41) is 12.6. The minimum atomic E-state index is -0.474. The highest BCUT2D eigenvalue weighted by Gasteiger charge is 2.13. The molecule has 0 spiro atoms. The largest absolute Gasteiger partial charge is 0.376 e. The Bertz CT molecular complexity index is 682. The predicted octanol–water partition coefficient (Wildman–Crippen LogP) is 5.29. The van der Waals surface area contributed by atoms with Crippen molar-refractivity contribution in [1.82, 2.24) is 0 Å². The van der Waals surface area contributed by atoms with Crippen LogP contribution in [-0.2, 0) is 0 Å². The maximum atomic E-state index is 14.1. The molecule has 2 aromatic carbocycles. The van der Waals surface area contributed by atoms with Gasteiger partial charge in [0.15, 0.2) is 5.82 Å². The van der Waals surface area contributed by atoms with Crippen LogP contribution in [0, 0.1) is 17.1 Å². The topological polar surface area (TPSA) is 35.8 Å². The van der Waals surface area contributed by atoms with E-state index in [9.17, 15) is 4.39 Å². The van der Waals surface area contributed by atoms with E-state index >= 15 is 0 Å². The summed E-state index contributed by atoms with van der Waals surface area (Å²) in [6.45, 7) is 1.91. The van der Waals surface area contributed by atoms with E-state index in [1.165, 1.54) is 0 Å². The summed E-state index contributed by atoms with van der Waals surface area (Å²) >= 11 is 9.03. The van der Waals surface area contributed by atoms with Crippen LogP contribution in [0.2, 0.25) is 5.02 Å². The van der Waals surface area contributed by atoms with Crippen molar-refractivity contribution in [1.29, 1.82) is 5.26 Å². The van der Waals surface area contributed by atoms with Gasteiger partial charge in [0.2, 0.25) is 0 Å². The zero-order valence-electron chi connectivity index (χ0n) is 10.6. The third-order valence-corrected chi connectivity index (χ3v) is 3.93. The predicted molar refractivity (Wildman–Crippen MR) is 82.3 cm³/mol. The summed E-state index contributed by atoms with van der Waals surface area (Å²) in [5.41, 5.74) is 1.56. The normalized spacial score (nSPS) is 11.8. The molecule has 0 aliphatic heterocycles. The van der Waals surface area contributed by atoms with Crippen molar-refractivity contribution in [2.24, 2.45) is 0 Å². The van der Waals surface area contributed by atoms with Crippen molar-refractivity contribution in [2.75, 3.05) is 5.32 Å². The highest BCUT2D eigenvalue weighted by atomic mass is 79.9. The lowest BCUT2D eigenvalue weighted by Crippen LogP contribution is -2.08. The number of hydrogen-bond donors (Lipinski definition) is 1. The van der Waals surface area contributed by atoms with Gasteiger partial charge in [0.25, 0.3) is 0 Å². The monoisotopic (exact) mass is 352 g/mol. The van der Waals surface area contributed by atoms with Gasteiger partial charge in [-0.25, -0.2) is 4.39 Å². The van der Waals surface area contributed by atoms with Gasteiger partial charge < -0.3 is 5.32 Å². The molecule has 0 aromatic heterocycles. The first-order valence-corrected chi connectivity index (χ1v) is 7.10. The number of rotatable bonds is 3. The van der Waals surface area contributed by atoms with E-state index in [0.29, 0.717) is 10.7 Å². The van der Waals surface area contributed by atoms with Gasteiger partial charge in [-0.1, -0.05) is 23.7 Å². The molecule has 20 heavy (non-hydrogen) atoms. The molecule has 2 rings (SSSR count). The molecule has 102 valence electrons. The number of hydrogen-bond acceptors (Lipinski definition) is 2. The van der Waals surface area contributed by atoms with Crippen molar-refractivity contribution >= 4 is 33.2 Å². The van der Waals surface area contributed by atoms with E-state index in [0.717, 1.165) is 5.56 Å². The fraction of sp³-hybridized carbons (Fsp3) is 0.133. The van der Waals surface area contributed by atoms with Gasteiger partial charge in [0, 0.05) is 11.1 Å². The van der Waals surface area contributed by atoms with Gasteiger partial charge in [-0.2, -0.15) is 5.26 Å². The highest BCUT2D eigenvalue weighted by Crippen LogP contribution is 2.29. The van der Waals surface area contributed by atoms with Crippen LogP contribution >= 0.6 is 27.5 Å². The lowest BCUT2D eigenvalue weighted by Gasteiger charge is -2.17. The minimum Gasteiger partial charge on any atom is -0.376 e. The first-order valence-electron chi connectivity index (χ1n) is 5.93. The van der Waals surface area contributed by atoms with E-state index in [1.54, 1.807) is 18.2 Å². The Morgan fingerprint density at radius 3 is 2.75 bits per heavy atom. The van der Waals surface area contributed by atoms with Crippen molar-refractivity contribution in [2.45, 2.75) is 13.0 Å². The summed E-state index contributed by atoms with van der Waals surface area (Å²) in [7, 11) is 0. The number of halogens is 3. The standard InChI is InChI=1S/C15H11BrClFN2/c1-9(10-3-2-4-12(17)7-10)20-13-6-5-11(8-19)14(16)15(13)18/h2-7,9,20H,1H3. The van der Waals surface area contributed by atoms with E-state index in [1.807, 2.05) is 31.2 Å². The Kier molecular flexibility index (Phi) is 4.64. The molecule has 0 radical (unpaired) electrons. The van der Waals surface area contributed by atoms with Crippen LogP contribution < -0.4 is 5.32 Å². The van der Waals surface area contributed by atoms with Crippen molar-refractivity contribution in [3.63, 3.8) is 0 Å². The minimum absolute atomic E-state index is 0.108. The molecule has 2 aromatic rings. The maximum Gasteiger partial charge on any atom is 0.161 e. The smallest absolute Gasteiger partial charge is 0.161 e. The number of nitrogens with zero attached hydrogens (tertiary/aromatic N) is 1. The molecule has 5 heteroatoms. The summed E-state index contributed by atoms with van der Waals surface area (Å²) in [4.78, 5) is 0. The van der Waals surface area contributed by atoms with Crippen molar-refractivity contribution < 1.29 is 4.39 Å². The van der Waals surface area contributed by atoms with Crippen LogP contribution in [0.1, 0.15) is 24.1 Å². The fourth-order valence-electron chi connectivity index (χ4n) is 1.84. The van der Waals surface area contributed by atoms with Crippen LogP contribution in [0.5, 0.6) is 0 Å². The summed E-state index contributed by atoms with van der Waals surface area (Å²) in [6.07, 6.45) is 0. The number of nitriles is 1. The molecule has 0 bridgehead atoms. The van der Waals surface area contributed by atoms with Crippen molar-refractivity contribution in [3.8, 4) is 6.07 Å². The summed E-state index contributed by atoms with van der Waals surface area (Å²) in [5.74, 6) is -0.474. The highest BCUT2D eigenvalue weighted by molar-refractivity contribution is 9.10. The van der Waals surface area contributed by atoms with Gasteiger partial charge in [-0.15, -0.1) is 0 Å². The van der Waals surface area contributed by atoms with Crippen LogP contribution in [0.25, 0.3) is 0 Å². The fourth-order valence-corrected chi connectivity index (χ4v) is 2.47. The second-order valence-corrected chi connectivity index (χ2v) is 5.55. The molecule has 0 aliphatic carbocycles. The molecule has 0 aliphatic rings. The molecule has 1 unspecified atom stereocenters. The maximum absolute atomic E-state index is 14.1. The zero-order valence-corrected chi connectivity index (χ0v) is 13.0. The van der Waals surface area contributed by atoms with E-state index in [4.69, 9.17) is 16.9 Å². The number of anilines is 1. The average Bonchev–Trinajstić information content (AvgIpc) is 2.44. The van der Waals surface area contributed by atoms with Crippen LogP contribution in [0.4, 0.5) is 10.1 Å². The van der Waals surface area contributed by atoms with E-state index < -0.39 is 5.82 Å². The van der Waals surface area contributed by atoms with Crippen LogP contribution in [0.3, 0.4) is 0 Å². The first-order chi connectivity index (χ1) is 9.52. The summed E-state index contributed by atoms with van der Waals surface area (Å²) < 4.78 is 14.3. The molecular weight excluding hydrogens is 343 g/mol. The second kappa shape index (κ2) is 6.25. The molecule has 0 amide bonds. The van der Waals surface area contributed by atoms with Gasteiger partial charge in [0.1, 0.15) is 6.07 Å². The number of nitrogens with one attached hydrogen (secondary N) is 1. The molecule has 0 heterocycles. The van der Waals surface area contributed by atoms with Gasteiger partial charge >= 0.3 is 0 Å². The molecule has 1 N–H and O–H groups in total. The molecule has 1 atom stereocenters. The zero-order chi connectivity index (χ0) is 14.7. The Balaban J connectivity index is 2.27. The average molecular weight is 354 g/mol. The first kappa shape index (κ1) is 14.8. The van der Waals surface area contributed by atoms with E-state index in [2.05, 4.69) is 21.2 Å². The number of benzene rings is 2. The Hall–Kier alpha value is -1.57. The third-order valence-electron chi connectivity index (χ3n) is 2.92. The second-order valence-electron chi connectivity index (χ2n) is 4.32. The molecule has 0 saturated heterocycles. The Labute approximate surface area is 130 Å². The van der Waals surface area contributed by atoms with Crippen molar-refractivity contribution in [3.05, 3.63) is 62.8 Å². The van der Waals surface area contributed by atoms with Crippen LogP contribution in [0.15, 0.2) is 40.9 Å². The molecule has 0 fully saturated rings. The summed E-state index contributed by atoms with van der Waals surface area (Å²) in [6, 6.07) is 12.3.